The fourth-order valence-corrected chi connectivity index (χ4v) is 4.49. The molecule has 0 aliphatic heterocycles. The van der Waals surface area contributed by atoms with E-state index >= 15 is 0 Å². The van der Waals surface area contributed by atoms with Crippen molar-refractivity contribution in [2.75, 3.05) is 17.1 Å². The molecule has 0 unspecified atom stereocenters. The molecule has 0 atom stereocenters. The van der Waals surface area contributed by atoms with Crippen molar-refractivity contribution in [3.05, 3.63) is 28.3 Å². The van der Waals surface area contributed by atoms with E-state index in [0.29, 0.717) is 16.3 Å². The Morgan fingerprint density at radius 3 is 2.29 bits per heavy atom. The molecule has 2 N–H and O–H groups in total. The SMILES string of the molecule is CCc1nnc(NS(=O)(=O)c2c(C)cc(NC)cc2C)s1. The van der Waals surface area contributed by atoms with Gasteiger partial charge < -0.3 is 5.32 Å². The van der Waals surface area contributed by atoms with Crippen LogP contribution >= 0.6 is 11.3 Å². The zero-order valence-corrected chi connectivity index (χ0v) is 14.0. The van der Waals surface area contributed by atoms with Crippen LogP contribution in [0.25, 0.3) is 0 Å². The lowest BCUT2D eigenvalue weighted by molar-refractivity contribution is 0.600. The highest BCUT2D eigenvalue weighted by atomic mass is 32.2. The van der Waals surface area contributed by atoms with Crippen molar-refractivity contribution in [2.45, 2.75) is 32.1 Å². The minimum absolute atomic E-state index is 0.287. The summed E-state index contributed by atoms with van der Waals surface area (Å²) in [5.41, 5.74) is 2.26. The number of aromatic nitrogens is 2. The fourth-order valence-electron chi connectivity index (χ4n) is 2.12. The average molecular weight is 326 g/mol. The first kappa shape index (κ1) is 15.7. The molecule has 1 aromatic heterocycles. The lowest BCUT2D eigenvalue weighted by Gasteiger charge is -2.13. The van der Waals surface area contributed by atoms with Crippen LogP contribution in [0.15, 0.2) is 17.0 Å². The first-order valence-electron chi connectivity index (χ1n) is 6.51. The zero-order valence-electron chi connectivity index (χ0n) is 12.4. The van der Waals surface area contributed by atoms with E-state index in [0.717, 1.165) is 17.1 Å². The van der Waals surface area contributed by atoms with Crippen LogP contribution in [-0.2, 0) is 16.4 Å². The van der Waals surface area contributed by atoms with Crippen molar-refractivity contribution in [1.29, 1.82) is 0 Å². The Morgan fingerprint density at radius 2 is 1.81 bits per heavy atom. The van der Waals surface area contributed by atoms with Crippen molar-refractivity contribution in [3.63, 3.8) is 0 Å². The van der Waals surface area contributed by atoms with Gasteiger partial charge in [-0.3, -0.25) is 4.72 Å². The van der Waals surface area contributed by atoms with Gasteiger partial charge in [-0.05, 0) is 43.5 Å². The van der Waals surface area contributed by atoms with Crippen LogP contribution in [0.5, 0.6) is 0 Å². The molecule has 0 aliphatic carbocycles. The molecule has 0 radical (unpaired) electrons. The zero-order chi connectivity index (χ0) is 15.6. The van der Waals surface area contributed by atoms with Crippen LogP contribution in [0.3, 0.4) is 0 Å². The molecule has 1 aromatic carbocycles. The average Bonchev–Trinajstić information content (AvgIpc) is 2.84. The second-order valence-electron chi connectivity index (χ2n) is 4.65. The molecular weight excluding hydrogens is 308 g/mol. The molecule has 8 heteroatoms. The van der Waals surface area contributed by atoms with Crippen molar-refractivity contribution < 1.29 is 8.42 Å². The number of aryl methyl sites for hydroxylation is 3. The third-order valence-corrected chi connectivity index (χ3v) is 5.76. The Kier molecular flexibility index (Phi) is 4.48. The number of anilines is 2. The summed E-state index contributed by atoms with van der Waals surface area (Å²) in [5.74, 6) is 0. The number of nitrogens with one attached hydrogen (secondary N) is 2. The first-order valence-corrected chi connectivity index (χ1v) is 8.81. The van der Waals surface area contributed by atoms with Gasteiger partial charge in [0.2, 0.25) is 5.13 Å². The molecule has 2 rings (SSSR count). The Labute approximate surface area is 128 Å². The van der Waals surface area contributed by atoms with Gasteiger partial charge >= 0.3 is 0 Å². The van der Waals surface area contributed by atoms with E-state index in [9.17, 15) is 8.42 Å². The predicted molar refractivity (Wildman–Crippen MR) is 85.6 cm³/mol. The second kappa shape index (κ2) is 5.98. The summed E-state index contributed by atoms with van der Waals surface area (Å²) in [6, 6.07) is 3.61. The fraction of sp³-hybridized carbons (Fsp3) is 0.385. The Balaban J connectivity index is 2.40. The van der Waals surface area contributed by atoms with E-state index in [1.807, 2.05) is 6.92 Å². The molecule has 0 aliphatic rings. The van der Waals surface area contributed by atoms with E-state index in [1.165, 1.54) is 11.3 Å². The third kappa shape index (κ3) is 3.33. The normalized spacial score (nSPS) is 11.4. The summed E-state index contributed by atoms with van der Waals surface area (Å²) in [7, 11) is -1.86. The lowest BCUT2D eigenvalue weighted by Crippen LogP contribution is -2.16. The molecule has 0 spiro atoms. The quantitative estimate of drug-likeness (QED) is 0.882. The lowest BCUT2D eigenvalue weighted by atomic mass is 10.1. The Bertz CT molecular complexity index is 730. The Morgan fingerprint density at radius 1 is 1.19 bits per heavy atom. The number of nitrogens with zero attached hydrogens (tertiary/aromatic N) is 2. The third-order valence-electron chi connectivity index (χ3n) is 3.01. The summed E-state index contributed by atoms with van der Waals surface area (Å²) in [6.45, 7) is 5.50. The summed E-state index contributed by atoms with van der Waals surface area (Å²) in [5, 5.41) is 11.9. The highest BCUT2D eigenvalue weighted by Crippen LogP contribution is 2.27. The number of hydrogen-bond acceptors (Lipinski definition) is 6. The van der Waals surface area contributed by atoms with E-state index in [4.69, 9.17) is 0 Å². The first-order chi connectivity index (χ1) is 9.87. The van der Waals surface area contributed by atoms with E-state index in [2.05, 4.69) is 20.2 Å². The molecule has 6 nitrogen and oxygen atoms in total. The van der Waals surface area contributed by atoms with Gasteiger partial charge in [-0.15, -0.1) is 10.2 Å². The number of rotatable bonds is 5. The second-order valence-corrected chi connectivity index (χ2v) is 7.33. The van der Waals surface area contributed by atoms with Gasteiger partial charge in [-0.2, -0.15) is 0 Å². The summed E-state index contributed by atoms with van der Waals surface area (Å²) in [6.07, 6.45) is 0.730. The molecule has 0 amide bonds. The summed E-state index contributed by atoms with van der Waals surface area (Å²) >= 11 is 1.25. The van der Waals surface area contributed by atoms with Crippen molar-refractivity contribution in [2.24, 2.45) is 0 Å². The minimum Gasteiger partial charge on any atom is -0.388 e. The van der Waals surface area contributed by atoms with Gasteiger partial charge in [0.25, 0.3) is 10.0 Å². The number of benzene rings is 1. The number of sulfonamides is 1. The maximum Gasteiger partial charge on any atom is 0.264 e. The van der Waals surface area contributed by atoms with E-state index in [1.54, 1.807) is 33.0 Å². The van der Waals surface area contributed by atoms with Gasteiger partial charge in [0, 0.05) is 12.7 Å². The highest BCUT2D eigenvalue weighted by Gasteiger charge is 2.21. The molecule has 0 fully saturated rings. The Hall–Kier alpha value is -1.67. The van der Waals surface area contributed by atoms with Gasteiger partial charge in [0.1, 0.15) is 5.01 Å². The molecule has 114 valence electrons. The van der Waals surface area contributed by atoms with Gasteiger partial charge in [0.15, 0.2) is 0 Å². The van der Waals surface area contributed by atoms with E-state index < -0.39 is 10.0 Å². The van der Waals surface area contributed by atoms with Crippen LogP contribution < -0.4 is 10.0 Å². The molecule has 2 aromatic rings. The van der Waals surface area contributed by atoms with Crippen LogP contribution in [0.1, 0.15) is 23.1 Å². The van der Waals surface area contributed by atoms with Crippen LogP contribution in [0.4, 0.5) is 10.8 Å². The molecule has 0 saturated carbocycles. The summed E-state index contributed by atoms with van der Waals surface area (Å²) < 4.78 is 27.6. The van der Waals surface area contributed by atoms with Crippen molar-refractivity contribution in [3.8, 4) is 0 Å². The van der Waals surface area contributed by atoms with E-state index in [-0.39, 0.29) is 4.90 Å². The maximum atomic E-state index is 12.5. The standard InChI is InChI=1S/C13H18N4O2S2/c1-5-11-15-16-13(20-11)17-21(18,19)12-8(2)6-10(14-4)7-9(12)3/h6-7,14H,5H2,1-4H3,(H,16,17). The van der Waals surface area contributed by atoms with Crippen molar-refractivity contribution in [1.82, 2.24) is 10.2 Å². The van der Waals surface area contributed by atoms with Gasteiger partial charge in [-0.1, -0.05) is 18.3 Å². The molecular formula is C13H18N4O2S2. The van der Waals surface area contributed by atoms with Crippen LogP contribution in [0, 0.1) is 13.8 Å². The van der Waals surface area contributed by atoms with Gasteiger partial charge in [0.05, 0.1) is 4.90 Å². The predicted octanol–water partition coefficient (Wildman–Crippen LogP) is 2.56. The molecule has 0 saturated heterocycles. The largest absolute Gasteiger partial charge is 0.388 e. The minimum atomic E-state index is -3.66. The monoisotopic (exact) mass is 326 g/mol. The maximum absolute atomic E-state index is 12.5. The molecule has 0 bridgehead atoms. The topological polar surface area (TPSA) is 84.0 Å². The van der Waals surface area contributed by atoms with Crippen LogP contribution in [0.2, 0.25) is 0 Å². The molecule has 1 heterocycles. The highest BCUT2D eigenvalue weighted by molar-refractivity contribution is 7.93. The number of hydrogen-bond donors (Lipinski definition) is 2. The van der Waals surface area contributed by atoms with Crippen LogP contribution in [-0.4, -0.2) is 25.7 Å². The molecule has 21 heavy (non-hydrogen) atoms. The summed E-state index contributed by atoms with van der Waals surface area (Å²) in [4.78, 5) is 0.287. The van der Waals surface area contributed by atoms with Crippen molar-refractivity contribution >= 4 is 32.2 Å². The van der Waals surface area contributed by atoms with Gasteiger partial charge in [-0.25, -0.2) is 8.42 Å². The smallest absolute Gasteiger partial charge is 0.264 e.